The van der Waals surface area contributed by atoms with Crippen LogP contribution in [0.3, 0.4) is 0 Å². The van der Waals surface area contributed by atoms with Crippen LogP contribution in [0.5, 0.6) is 0 Å². The molecule has 1 fully saturated rings. The Morgan fingerprint density at radius 1 is 1.26 bits per heavy atom. The monoisotopic (exact) mass is 271 g/mol. The smallest absolute Gasteiger partial charge is 0.410 e. The average Bonchev–Trinajstić information content (AvgIpc) is 2.34. The minimum Gasteiger partial charge on any atom is -0.444 e. The maximum atomic E-state index is 12.0. The number of ether oxygens (including phenoxy) is 1. The summed E-state index contributed by atoms with van der Waals surface area (Å²) in [6.07, 6.45) is 6.19. The van der Waals surface area contributed by atoms with Crippen molar-refractivity contribution in [2.75, 3.05) is 13.7 Å². The fraction of sp³-hybridized carbons (Fsp3) is 0.933. The van der Waals surface area contributed by atoms with Crippen molar-refractivity contribution in [1.82, 2.24) is 4.90 Å². The zero-order valence-corrected chi connectivity index (χ0v) is 12.8. The van der Waals surface area contributed by atoms with Gasteiger partial charge in [-0.2, -0.15) is 0 Å². The zero-order valence-electron chi connectivity index (χ0n) is 12.8. The molecule has 1 rings (SSSR count). The highest BCUT2D eigenvalue weighted by Gasteiger charge is 2.28. The van der Waals surface area contributed by atoms with Crippen LogP contribution in [0.2, 0.25) is 0 Å². The molecule has 1 aliphatic carbocycles. The highest BCUT2D eigenvalue weighted by atomic mass is 16.6. The lowest BCUT2D eigenvalue weighted by Crippen LogP contribution is -2.42. The van der Waals surface area contributed by atoms with Crippen LogP contribution >= 0.6 is 0 Å². The van der Waals surface area contributed by atoms with Gasteiger partial charge < -0.3 is 14.7 Å². The Hall–Kier alpha value is -0.770. The third-order valence-electron chi connectivity index (χ3n) is 3.82. The summed E-state index contributed by atoms with van der Waals surface area (Å²) in [6, 6.07) is 0.306. The van der Waals surface area contributed by atoms with Crippen LogP contribution in [0.1, 0.15) is 59.3 Å². The molecular formula is C15H29NO3. The molecule has 0 saturated heterocycles. The van der Waals surface area contributed by atoms with E-state index in [-0.39, 0.29) is 12.7 Å². The number of carbonyl (C=O) groups excluding carboxylic acids is 1. The first-order valence-electron chi connectivity index (χ1n) is 7.40. The van der Waals surface area contributed by atoms with Gasteiger partial charge in [0.2, 0.25) is 0 Å². The van der Waals surface area contributed by atoms with E-state index in [0.717, 1.165) is 44.4 Å². The van der Waals surface area contributed by atoms with Gasteiger partial charge in [-0.1, -0.05) is 0 Å². The third-order valence-corrected chi connectivity index (χ3v) is 3.82. The van der Waals surface area contributed by atoms with Crippen molar-refractivity contribution in [3.05, 3.63) is 0 Å². The molecule has 112 valence electrons. The molecule has 1 amide bonds. The van der Waals surface area contributed by atoms with E-state index >= 15 is 0 Å². The second kappa shape index (κ2) is 7.13. The predicted octanol–water partition coefficient (Wildman–Crippen LogP) is 3.18. The summed E-state index contributed by atoms with van der Waals surface area (Å²) >= 11 is 0. The van der Waals surface area contributed by atoms with E-state index in [0.29, 0.717) is 6.04 Å². The van der Waals surface area contributed by atoms with Gasteiger partial charge in [0.15, 0.2) is 0 Å². The van der Waals surface area contributed by atoms with Crippen LogP contribution in [0.4, 0.5) is 4.79 Å². The van der Waals surface area contributed by atoms with Crippen molar-refractivity contribution in [2.45, 2.75) is 70.9 Å². The van der Waals surface area contributed by atoms with Gasteiger partial charge in [0.25, 0.3) is 0 Å². The first-order chi connectivity index (χ1) is 8.83. The van der Waals surface area contributed by atoms with Gasteiger partial charge in [-0.05, 0) is 65.2 Å². The maximum absolute atomic E-state index is 12.0. The van der Waals surface area contributed by atoms with E-state index < -0.39 is 5.60 Å². The topological polar surface area (TPSA) is 49.8 Å². The largest absolute Gasteiger partial charge is 0.444 e. The molecule has 19 heavy (non-hydrogen) atoms. The van der Waals surface area contributed by atoms with Gasteiger partial charge in [0.1, 0.15) is 5.60 Å². The van der Waals surface area contributed by atoms with E-state index in [4.69, 9.17) is 9.84 Å². The lowest BCUT2D eigenvalue weighted by molar-refractivity contribution is 0.0170. The molecule has 4 heteroatoms. The van der Waals surface area contributed by atoms with Crippen molar-refractivity contribution in [2.24, 2.45) is 5.92 Å². The summed E-state index contributed by atoms with van der Waals surface area (Å²) < 4.78 is 5.40. The Labute approximate surface area is 117 Å². The summed E-state index contributed by atoms with van der Waals surface area (Å²) in [5.74, 6) is 0.718. The zero-order chi connectivity index (χ0) is 14.5. The number of aliphatic hydroxyl groups is 1. The van der Waals surface area contributed by atoms with E-state index in [1.165, 1.54) is 0 Å². The number of hydrogen-bond donors (Lipinski definition) is 1. The van der Waals surface area contributed by atoms with Gasteiger partial charge in [0, 0.05) is 19.7 Å². The summed E-state index contributed by atoms with van der Waals surface area (Å²) in [4.78, 5) is 13.7. The van der Waals surface area contributed by atoms with Gasteiger partial charge in [-0.3, -0.25) is 0 Å². The lowest BCUT2D eigenvalue weighted by Gasteiger charge is -2.35. The van der Waals surface area contributed by atoms with Gasteiger partial charge in [-0.25, -0.2) is 4.79 Å². The first kappa shape index (κ1) is 16.3. The molecule has 1 aliphatic rings. The SMILES string of the molecule is CN(C(=O)OC(C)(C)C)[C@H]1CC[C@H](CCCO)CC1. The molecular weight excluding hydrogens is 242 g/mol. The standard InChI is InChI=1S/C15H29NO3/c1-15(2,3)19-14(18)16(4)13-9-7-12(8-10-13)6-5-11-17/h12-13,17H,5-11H2,1-4H3/t12-,13-. The molecule has 0 atom stereocenters. The highest BCUT2D eigenvalue weighted by Crippen LogP contribution is 2.30. The maximum Gasteiger partial charge on any atom is 0.410 e. The molecule has 0 radical (unpaired) electrons. The molecule has 0 spiro atoms. The highest BCUT2D eigenvalue weighted by molar-refractivity contribution is 5.68. The second-order valence-electron chi connectivity index (χ2n) is 6.63. The molecule has 0 aromatic heterocycles. The molecule has 0 aromatic carbocycles. The number of rotatable bonds is 4. The predicted molar refractivity (Wildman–Crippen MR) is 76.1 cm³/mol. The summed E-state index contributed by atoms with van der Waals surface area (Å²) in [7, 11) is 1.84. The van der Waals surface area contributed by atoms with Crippen molar-refractivity contribution in [3.8, 4) is 0 Å². The average molecular weight is 271 g/mol. The molecule has 1 saturated carbocycles. The second-order valence-corrected chi connectivity index (χ2v) is 6.63. The minimum atomic E-state index is -0.427. The molecule has 4 nitrogen and oxygen atoms in total. The Kier molecular flexibility index (Phi) is 6.11. The summed E-state index contributed by atoms with van der Waals surface area (Å²) in [6.45, 7) is 5.97. The van der Waals surface area contributed by atoms with Crippen LogP contribution in [-0.4, -0.2) is 41.4 Å². The Morgan fingerprint density at radius 2 is 1.84 bits per heavy atom. The number of carbonyl (C=O) groups is 1. The number of aliphatic hydroxyl groups excluding tert-OH is 1. The van der Waals surface area contributed by atoms with E-state index in [2.05, 4.69) is 0 Å². The lowest BCUT2D eigenvalue weighted by atomic mass is 9.83. The van der Waals surface area contributed by atoms with Crippen molar-refractivity contribution in [3.63, 3.8) is 0 Å². The van der Waals surface area contributed by atoms with Crippen LogP contribution in [0.25, 0.3) is 0 Å². The molecule has 0 aliphatic heterocycles. The minimum absolute atomic E-state index is 0.216. The van der Waals surface area contributed by atoms with Gasteiger partial charge >= 0.3 is 6.09 Å². The molecule has 0 unspecified atom stereocenters. The van der Waals surface area contributed by atoms with Crippen LogP contribution in [0, 0.1) is 5.92 Å². The van der Waals surface area contributed by atoms with Crippen molar-refractivity contribution in [1.29, 1.82) is 0 Å². The van der Waals surface area contributed by atoms with Gasteiger partial charge in [0.05, 0.1) is 0 Å². The summed E-state index contributed by atoms with van der Waals surface area (Å²) in [5.41, 5.74) is -0.427. The number of nitrogens with zero attached hydrogens (tertiary/aromatic N) is 1. The van der Waals surface area contributed by atoms with Gasteiger partial charge in [-0.15, -0.1) is 0 Å². The van der Waals surface area contributed by atoms with E-state index in [9.17, 15) is 4.79 Å². The van der Waals surface area contributed by atoms with E-state index in [1.807, 2.05) is 27.8 Å². The summed E-state index contributed by atoms with van der Waals surface area (Å²) in [5, 5.41) is 8.85. The van der Waals surface area contributed by atoms with Crippen molar-refractivity contribution < 1.29 is 14.6 Å². The normalized spacial score (nSPS) is 24.1. The van der Waals surface area contributed by atoms with Crippen LogP contribution in [-0.2, 0) is 4.74 Å². The first-order valence-corrected chi connectivity index (χ1v) is 7.40. The number of amides is 1. The quantitative estimate of drug-likeness (QED) is 0.854. The van der Waals surface area contributed by atoms with Crippen molar-refractivity contribution >= 4 is 6.09 Å². The molecule has 0 bridgehead atoms. The van der Waals surface area contributed by atoms with Crippen LogP contribution < -0.4 is 0 Å². The molecule has 0 aromatic rings. The fourth-order valence-corrected chi connectivity index (χ4v) is 2.68. The third kappa shape index (κ3) is 5.81. The Bertz CT molecular complexity index is 278. The Morgan fingerprint density at radius 3 is 2.32 bits per heavy atom. The molecule has 1 N–H and O–H groups in total. The van der Waals surface area contributed by atoms with E-state index in [1.54, 1.807) is 4.90 Å². The van der Waals surface area contributed by atoms with Crippen LogP contribution in [0.15, 0.2) is 0 Å². The Balaban J connectivity index is 2.36. The fourth-order valence-electron chi connectivity index (χ4n) is 2.68. The number of hydrogen-bond acceptors (Lipinski definition) is 3. The molecule has 0 heterocycles.